The normalized spacial score (nSPS) is 10.8. The molecule has 5 aromatic rings. The van der Waals surface area contributed by atoms with E-state index in [0.717, 1.165) is 27.8 Å². The number of pyridine rings is 1. The molecule has 11 heteroatoms. The Labute approximate surface area is 271 Å². The number of carbonyl (C=O) groups excluding carboxylic acids is 3. The third kappa shape index (κ3) is 7.55. The van der Waals surface area contributed by atoms with Crippen LogP contribution in [-0.2, 0) is 22.4 Å². The number of amides is 1. The molecule has 0 fully saturated rings. The van der Waals surface area contributed by atoms with E-state index >= 15 is 0 Å². The molecule has 0 saturated carbocycles. The molecule has 0 aliphatic rings. The van der Waals surface area contributed by atoms with Gasteiger partial charge in [0.2, 0.25) is 0 Å². The quantitative estimate of drug-likeness (QED) is 0.102. The Balaban J connectivity index is 1.18. The number of esters is 2. The smallest absolute Gasteiger partial charge is 0.359 e. The van der Waals surface area contributed by atoms with Gasteiger partial charge in [0.05, 0.1) is 18.7 Å². The van der Waals surface area contributed by atoms with E-state index in [0.29, 0.717) is 35.8 Å². The number of aromatic nitrogens is 3. The van der Waals surface area contributed by atoms with E-state index in [-0.39, 0.29) is 30.5 Å². The van der Waals surface area contributed by atoms with Crippen molar-refractivity contribution < 1.29 is 23.9 Å². The van der Waals surface area contributed by atoms with Gasteiger partial charge in [0.15, 0.2) is 16.5 Å². The summed E-state index contributed by atoms with van der Waals surface area (Å²) in [4.78, 5) is 47.0. The van der Waals surface area contributed by atoms with Crippen LogP contribution in [0.5, 0.6) is 0 Å². The number of para-hydroxylation sites is 1. The molecule has 2 N–H and O–H groups in total. The SMILES string of the molecule is CCOC(=O)c1nc(SC)n(CCCc2ccc(NC(=O)c3ccc(Nc4ccnc5ccccc45)cc3)cc2)c1C(=O)OCC. The van der Waals surface area contributed by atoms with E-state index in [1.165, 1.54) is 11.8 Å². The number of fused-ring (bicyclic) bond motifs is 1. The van der Waals surface area contributed by atoms with Gasteiger partial charge < -0.3 is 24.7 Å². The summed E-state index contributed by atoms with van der Waals surface area (Å²) in [6.07, 6.45) is 4.99. The molecule has 5 rings (SSSR count). The first-order valence-corrected chi connectivity index (χ1v) is 16.2. The molecule has 0 aliphatic carbocycles. The topological polar surface area (TPSA) is 124 Å². The van der Waals surface area contributed by atoms with Crippen LogP contribution < -0.4 is 10.6 Å². The maximum Gasteiger partial charge on any atom is 0.359 e. The molecule has 46 heavy (non-hydrogen) atoms. The number of anilines is 3. The van der Waals surface area contributed by atoms with Crippen LogP contribution in [0.25, 0.3) is 10.9 Å². The molecular formula is C35H35N5O5S. The molecule has 0 unspecified atom stereocenters. The zero-order chi connectivity index (χ0) is 32.5. The van der Waals surface area contributed by atoms with Crippen molar-refractivity contribution in [3.05, 3.63) is 108 Å². The second-order valence-electron chi connectivity index (χ2n) is 10.2. The van der Waals surface area contributed by atoms with Crippen molar-refractivity contribution in [2.24, 2.45) is 0 Å². The molecule has 1 amide bonds. The van der Waals surface area contributed by atoms with E-state index < -0.39 is 11.9 Å². The highest BCUT2D eigenvalue weighted by Gasteiger charge is 2.29. The van der Waals surface area contributed by atoms with E-state index in [9.17, 15) is 14.4 Å². The first kappa shape index (κ1) is 32.2. The number of hydrogen-bond donors (Lipinski definition) is 2. The average Bonchev–Trinajstić information content (AvgIpc) is 3.45. The lowest BCUT2D eigenvalue weighted by atomic mass is 10.1. The zero-order valence-corrected chi connectivity index (χ0v) is 26.7. The Morgan fingerprint density at radius 2 is 1.54 bits per heavy atom. The van der Waals surface area contributed by atoms with E-state index in [1.54, 1.807) is 36.7 Å². The third-order valence-electron chi connectivity index (χ3n) is 7.19. The molecule has 2 heterocycles. The van der Waals surface area contributed by atoms with Crippen LogP contribution in [0.4, 0.5) is 17.1 Å². The number of imidazole rings is 1. The number of ether oxygens (including phenoxy) is 2. The van der Waals surface area contributed by atoms with Gasteiger partial charge in [-0.2, -0.15) is 0 Å². The average molecular weight is 638 g/mol. The molecule has 0 bridgehead atoms. The number of nitrogens with one attached hydrogen (secondary N) is 2. The van der Waals surface area contributed by atoms with Crippen LogP contribution in [0.3, 0.4) is 0 Å². The standard InChI is InChI=1S/C35H35N5O5S/c1-4-44-33(42)30-31(34(43)45-5-2)40(35(39-30)46-3)22-8-9-23-12-16-26(17-13-23)38-32(41)24-14-18-25(19-15-24)37-29-20-21-36-28-11-7-6-10-27(28)29/h6-7,10-21H,4-5,8-9,22H2,1-3H3,(H,36,37)(H,38,41). The van der Waals surface area contributed by atoms with Gasteiger partial charge in [0, 0.05) is 40.8 Å². The van der Waals surface area contributed by atoms with E-state index in [1.807, 2.05) is 73.0 Å². The summed E-state index contributed by atoms with van der Waals surface area (Å²) in [5, 5.41) is 7.92. The minimum absolute atomic E-state index is 0.0296. The number of aryl methyl sites for hydroxylation is 1. The number of thioether (sulfide) groups is 1. The van der Waals surface area contributed by atoms with Crippen LogP contribution in [0, 0.1) is 0 Å². The van der Waals surface area contributed by atoms with E-state index in [4.69, 9.17) is 9.47 Å². The molecule has 0 spiro atoms. The van der Waals surface area contributed by atoms with Gasteiger partial charge in [0.25, 0.3) is 5.91 Å². The number of nitrogens with zero attached hydrogens (tertiary/aromatic N) is 3. The highest BCUT2D eigenvalue weighted by atomic mass is 32.2. The largest absolute Gasteiger partial charge is 0.461 e. The van der Waals surface area contributed by atoms with Crippen molar-refractivity contribution in [2.75, 3.05) is 30.1 Å². The second kappa shape index (κ2) is 15.2. The van der Waals surface area contributed by atoms with Crippen molar-refractivity contribution in [1.82, 2.24) is 14.5 Å². The van der Waals surface area contributed by atoms with Gasteiger partial charge in [-0.3, -0.25) is 9.78 Å². The lowest BCUT2D eigenvalue weighted by Gasteiger charge is -2.12. The van der Waals surface area contributed by atoms with Crippen molar-refractivity contribution in [1.29, 1.82) is 0 Å². The minimum atomic E-state index is -0.650. The van der Waals surface area contributed by atoms with Gasteiger partial charge in [-0.05, 0) is 87.0 Å². The number of benzene rings is 3. The first-order valence-electron chi connectivity index (χ1n) is 15.0. The Bertz CT molecular complexity index is 1830. The van der Waals surface area contributed by atoms with Crippen LogP contribution in [0.2, 0.25) is 0 Å². The summed E-state index contributed by atoms with van der Waals surface area (Å²) in [6, 6.07) is 24.8. The Morgan fingerprint density at radius 1 is 0.848 bits per heavy atom. The maximum absolute atomic E-state index is 12.9. The van der Waals surface area contributed by atoms with Crippen molar-refractivity contribution in [3.8, 4) is 0 Å². The third-order valence-corrected chi connectivity index (χ3v) is 7.86. The molecule has 0 saturated heterocycles. The number of hydrogen-bond acceptors (Lipinski definition) is 9. The fourth-order valence-corrected chi connectivity index (χ4v) is 5.59. The highest BCUT2D eigenvalue weighted by Crippen LogP contribution is 2.26. The fraction of sp³-hybridized carbons (Fsp3) is 0.229. The summed E-state index contributed by atoms with van der Waals surface area (Å²) in [5.74, 6) is -1.46. The van der Waals surface area contributed by atoms with Gasteiger partial charge in [-0.1, -0.05) is 42.1 Å². The van der Waals surface area contributed by atoms with Gasteiger partial charge >= 0.3 is 11.9 Å². The summed E-state index contributed by atoms with van der Waals surface area (Å²) in [7, 11) is 0. The monoisotopic (exact) mass is 637 g/mol. The molecule has 3 aromatic carbocycles. The predicted octanol–water partition coefficient (Wildman–Crippen LogP) is 7.14. The molecule has 0 radical (unpaired) electrons. The molecular weight excluding hydrogens is 602 g/mol. The molecule has 236 valence electrons. The minimum Gasteiger partial charge on any atom is -0.461 e. The molecule has 2 aromatic heterocycles. The van der Waals surface area contributed by atoms with Gasteiger partial charge in [-0.25, -0.2) is 14.6 Å². The summed E-state index contributed by atoms with van der Waals surface area (Å²) in [5.41, 5.74) is 5.08. The second-order valence-corrected chi connectivity index (χ2v) is 11.0. The van der Waals surface area contributed by atoms with Crippen LogP contribution >= 0.6 is 11.8 Å². The summed E-state index contributed by atoms with van der Waals surface area (Å²) >= 11 is 1.34. The first-order chi connectivity index (χ1) is 22.4. The molecule has 10 nitrogen and oxygen atoms in total. The Morgan fingerprint density at radius 3 is 2.26 bits per heavy atom. The lowest BCUT2D eigenvalue weighted by Crippen LogP contribution is -2.18. The summed E-state index contributed by atoms with van der Waals surface area (Å²) < 4.78 is 12.1. The van der Waals surface area contributed by atoms with Crippen LogP contribution in [0.15, 0.2) is 90.2 Å². The maximum atomic E-state index is 12.9. The van der Waals surface area contributed by atoms with Crippen molar-refractivity contribution >= 4 is 57.6 Å². The molecule has 0 aliphatic heterocycles. The predicted molar refractivity (Wildman–Crippen MR) is 180 cm³/mol. The van der Waals surface area contributed by atoms with Crippen molar-refractivity contribution in [3.63, 3.8) is 0 Å². The zero-order valence-electron chi connectivity index (χ0n) is 25.9. The van der Waals surface area contributed by atoms with Gasteiger partial charge in [0.1, 0.15) is 0 Å². The highest BCUT2D eigenvalue weighted by molar-refractivity contribution is 7.98. The van der Waals surface area contributed by atoms with Crippen molar-refractivity contribution in [2.45, 2.75) is 38.4 Å². The molecule has 0 atom stereocenters. The van der Waals surface area contributed by atoms with E-state index in [2.05, 4.69) is 20.6 Å². The number of carbonyl (C=O) groups is 3. The van der Waals surface area contributed by atoms with Crippen LogP contribution in [-0.4, -0.2) is 51.9 Å². The number of rotatable bonds is 13. The Kier molecular flexibility index (Phi) is 10.7. The van der Waals surface area contributed by atoms with Crippen LogP contribution in [0.1, 0.15) is 57.2 Å². The summed E-state index contributed by atoms with van der Waals surface area (Å²) in [6.45, 7) is 4.22. The fourth-order valence-electron chi connectivity index (χ4n) is 5.01. The lowest BCUT2D eigenvalue weighted by molar-refractivity contribution is 0.0466. The Hall–Kier alpha value is -5.16. The van der Waals surface area contributed by atoms with Gasteiger partial charge in [-0.15, -0.1) is 0 Å².